The average Bonchev–Trinajstić information content (AvgIpc) is 3.02. The molecule has 0 aliphatic carbocycles. The Morgan fingerprint density at radius 1 is 1.07 bits per heavy atom. The molecule has 0 saturated carbocycles. The SMILES string of the molecule is O=C(/C=C/c1c(Cl)nc2ccccn12)N1CCN(Cc2cccc(Cl)c2)CC1. The largest absolute Gasteiger partial charge is 0.337 e. The van der Waals surface area contributed by atoms with Gasteiger partial charge in [-0.1, -0.05) is 41.4 Å². The summed E-state index contributed by atoms with van der Waals surface area (Å²) in [6, 6.07) is 13.6. The number of nitrogens with zero attached hydrogens (tertiary/aromatic N) is 4. The van der Waals surface area contributed by atoms with Gasteiger partial charge in [-0.05, 0) is 35.9 Å². The fourth-order valence-electron chi connectivity index (χ4n) is 3.41. The Bertz CT molecular complexity index is 1020. The van der Waals surface area contributed by atoms with Crippen LogP contribution in [0.3, 0.4) is 0 Å². The first kappa shape index (κ1) is 19.0. The Morgan fingerprint density at radius 2 is 1.89 bits per heavy atom. The summed E-state index contributed by atoms with van der Waals surface area (Å²) >= 11 is 12.3. The third-order valence-electron chi connectivity index (χ3n) is 4.88. The lowest BCUT2D eigenvalue weighted by Gasteiger charge is -2.34. The van der Waals surface area contributed by atoms with Gasteiger partial charge in [0.1, 0.15) is 5.65 Å². The van der Waals surface area contributed by atoms with E-state index in [0.717, 1.165) is 30.3 Å². The summed E-state index contributed by atoms with van der Waals surface area (Å²) in [5, 5.41) is 1.14. The molecule has 2 aromatic heterocycles. The molecule has 144 valence electrons. The number of pyridine rings is 1. The molecule has 0 spiro atoms. The minimum absolute atomic E-state index is 0.00986. The van der Waals surface area contributed by atoms with Crippen LogP contribution >= 0.6 is 23.2 Å². The fourth-order valence-corrected chi connectivity index (χ4v) is 3.86. The van der Waals surface area contributed by atoms with Crippen LogP contribution in [0.15, 0.2) is 54.7 Å². The van der Waals surface area contributed by atoms with Gasteiger partial charge >= 0.3 is 0 Å². The normalized spacial score (nSPS) is 15.6. The number of aromatic nitrogens is 2. The third-order valence-corrected chi connectivity index (χ3v) is 5.40. The van der Waals surface area contributed by atoms with Gasteiger partial charge in [-0.2, -0.15) is 0 Å². The molecule has 1 saturated heterocycles. The zero-order chi connectivity index (χ0) is 19.5. The van der Waals surface area contributed by atoms with Crippen molar-refractivity contribution in [2.75, 3.05) is 26.2 Å². The number of hydrogen-bond donors (Lipinski definition) is 0. The van der Waals surface area contributed by atoms with Crippen LogP contribution < -0.4 is 0 Å². The van der Waals surface area contributed by atoms with Crippen molar-refractivity contribution in [3.05, 3.63) is 76.2 Å². The number of hydrogen-bond acceptors (Lipinski definition) is 3. The summed E-state index contributed by atoms with van der Waals surface area (Å²) in [5.74, 6) is -0.00986. The van der Waals surface area contributed by atoms with E-state index in [4.69, 9.17) is 23.2 Å². The summed E-state index contributed by atoms with van der Waals surface area (Å²) in [7, 11) is 0. The third kappa shape index (κ3) is 4.22. The van der Waals surface area contributed by atoms with Crippen molar-refractivity contribution in [3.63, 3.8) is 0 Å². The van der Waals surface area contributed by atoms with E-state index in [2.05, 4.69) is 16.0 Å². The topological polar surface area (TPSA) is 40.9 Å². The van der Waals surface area contributed by atoms with Crippen molar-refractivity contribution in [1.82, 2.24) is 19.2 Å². The molecule has 1 aliphatic heterocycles. The summed E-state index contributed by atoms with van der Waals surface area (Å²) in [6.07, 6.45) is 5.20. The Labute approximate surface area is 173 Å². The quantitative estimate of drug-likeness (QED) is 0.605. The molecule has 3 aromatic rings. The van der Waals surface area contributed by atoms with Crippen LogP contribution in [0, 0.1) is 0 Å². The molecule has 0 bridgehead atoms. The van der Waals surface area contributed by atoms with E-state index in [-0.39, 0.29) is 5.91 Å². The van der Waals surface area contributed by atoms with Crippen molar-refractivity contribution < 1.29 is 4.79 Å². The second-order valence-corrected chi connectivity index (χ2v) is 7.58. The highest BCUT2D eigenvalue weighted by Crippen LogP contribution is 2.19. The van der Waals surface area contributed by atoms with Crippen molar-refractivity contribution >= 4 is 40.8 Å². The smallest absolute Gasteiger partial charge is 0.246 e. The van der Waals surface area contributed by atoms with Crippen LogP contribution in [0.1, 0.15) is 11.3 Å². The van der Waals surface area contributed by atoms with Crippen LogP contribution in [-0.2, 0) is 11.3 Å². The number of imidazole rings is 1. The maximum absolute atomic E-state index is 12.6. The van der Waals surface area contributed by atoms with Gasteiger partial charge in [-0.25, -0.2) is 4.98 Å². The molecule has 28 heavy (non-hydrogen) atoms. The Balaban J connectivity index is 1.36. The molecule has 0 radical (unpaired) electrons. The van der Waals surface area contributed by atoms with Gasteiger partial charge in [0.2, 0.25) is 5.91 Å². The number of carbonyl (C=O) groups excluding carboxylic acids is 1. The molecular formula is C21H20Cl2N4O. The lowest BCUT2D eigenvalue weighted by molar-refractivity contribution is -0.127. The second-order valence-electron chi connectivity index (χ2n) is 6.78. The van der Waals surface area contributed by atoms with Crippen LogP contribution in [-0.4, -0.2) is 51.3 Å². The van der Waals surface area contributed by atoms with E-state index >= 15 is 0 Å². The van der Waals surface area contributed by atoms with Gasteiger partial charge in [0.15, 0.2) is 5.15 Å². The van der Waals surface area contributed by atoms with Crippen molar-refractivity contribution in [2.45, 2.75) is 6.54 Å². The molecule has 1 aliphatic rings. The maximum Gasteiger partial charge on any atom is 0.246 e. The fraction of sp³-hybridized carbons (Fsp3) is 0.238. The molecule has 1 amide bonds. The first-order valence-electron chi connectivity index (χ1n) is 9.16. The summed E-state index contributed by atoms with van der Waals surface area (Å²) in [5.41, 5.74) is 2.66. The average molecular weight is 415 g/mol. The number of fused-ring (bicyclic) bond motifs is 1. The van der Waals surface area contributed by atoms with Crippen molar-refractivity contribution in [2.24, 2.45) is 0 Å². The number of rotatable bonds is 4. The molecule has 4 rings (SSSR count). The number of carbonyl (C=O) groups is 1. The maximum atomic E-state index is 12.6. The Hall–Kier alpha value is -2.34. The molecule has 3 heterocycles. The first-order chi connectivity index (χ1) is 13.6. The highest BCUT2D eigenvalue weighted by Gasteiger charge is 2.20. The van der Waals surface area contributed by atoms with Crippen LogP contribution in [0.2, 0.25) is 10.2 Å². The van der Waals surface area contributed by atoms with E-state index in [1.54, 1.807) is 12.2 Å². The number of amides is 1. The molecule has 0 N–H and O–H groups in total. The first-order valence-corrected chi connectivity index (χ1v) is 9.92. The van der Waals surface area contributed by atoms with Gasteiger partial charge in [0, 0.05) is 50.0 Å². The van der Waals surface area contributed by atoms with E-state index < -0.39 is 0 Å². The molecular weight excluding hydrogens is 395 g/mol. The number of piperazine rings is 1. The van der Waals surface area contributed by atoms with Crippen molar-refractivity contribution in [3.8, 4) is 0 Å². The van der Waals surface area contributed by atoms with Crippen LogP contribution in [0.25, 0.3) is 11.7 Å². The zero-order valence-corrected chi connectivity index (χ0v) is 16.8. The molecule has 1 aromatic carbocycles. The van der Waals surface area contributed by atoms with Gasteiger partial charge in [0.05, 0.1) is 5.69 Å². The molecule has 7 heteroatoms. The lowest BCUT2D eigenvalue weighted by atomic mass is 10.2. The van der Waals surface area contributed by atoms with Gasteiger partial charge in [-0.3, -0.25) is 14.1 Å². The van der Waals surface area contributed by atoms with E-state index in [0.29, 0.717) is 23.9 Å². The van der Waals surface area contributed by atoms with Crippen LogP contribution in [0.5, 0.6) is 0 Å². The van der Waals surface area contributed by atoms with Crippen LogP contribution in [0.4, 0.5) is 0 Å². The Morgan fingerprint density at radius 3 is 2.68 bits per heavy atom. The highest BCUT2D eigenvalue weighted by molar-refractivity contribution is 6.31. The molecule has 0 unspecified atom stereocenters. The molecule has 5 nitrogen and oxygen atoms in total. The standard InChI is InChI=1S/C21H20Cl2N4O/c22-17-5-3-4-16(14-17)15-25-10-12-26(13-11-25)20(28)8-7-18-21(23)24-19-6-1-2-9-27(18)19/h1-9,14H,10-13,15H2/b8-7+. The predicted octanol–water partition coefficient (Wildman–Crippen LogP) is 4.00. The summed E-state index contributed by atoms with van der Waals surface area (Å²) in [6.45, 7) is 3.91. The zero-order valence-electron chi connectivity index (χ0n) is 15.3. The summed E-state index contributed by atoms with van der Waals surface area (Å²) in [4.78, 5) is 21.1. The second kappa shape index (κ2) is 8.35. The minimum atomic E-state index is -0.00986. The van der Waals surface area contributed by atoms with Gasteiger partial charge in [0.25, 0.3) is 0 Å². The van der Waals surface area contributed by atoms with Gasteiger partial charge < -0.3 is 4.90 Å². The monoisotopic (exact) mass is 414 g/mol. The van der Waals surface area contributed by atoms with Crippen molar-refractivity contribution in [1.29, 1.82) is 0 Å². The number of halogens is 2. The lowest BCUT2D eigenvalue weighted by Crippen LogP contribution is -2.47. The van der Waals surface area contributed by atoms with Gasteiger partial charge in [-0.15, -0.1) is 0 Å². The number of benzene rings is 1. The van der Waals surface area contributed by atoms with E-state index in [1.807, 2.05) is 51.9 Å². The predicted molar refractivity (Wildman–Crippen MR) is 113 cm³/mol. The molecule has 1 fully saturated rings. The van der Waals surface area contributed by atoms with E-state index in [9.17, 15) is 4.79 Å². The molecule has 0 atom stereocenters. The van der Waals surface area contributed by atoms with E-state index in [1.165, 1.54) is 5.56 Å². The Kier molecular flexibility index (Phi) is 5.67. The minimum Gasteiger partial charge on any atom is -0.337 e. The summed E-state index contributed by atoms with van der Waals surface area (Å²) < 4.78 is 1.87. The highest BCUT2D eigenvalue weighted by atomic mass is 35.5.